The third kappa shape index (κ3) is 4.19. The fraction of sp³-hybridized carbons (Fsp3) is 0.538. The quantitative estimate of drug-likeness (QED) is 0.596. The van der Waals surface area contributed by atoms with Gasteiger partial charge in [-0.2, -0.15) is 15.0 Å². The number of aromatic nitrogens is 5. The van der Waals surface area contributed by atoms with E-state index in [-0.39, 0.29) is 0 Å². The van der Waals surface area contributed by atoms with Crippen molar-refractivity contribution in [2.45, 2.75) is 38.3 Å². The molecule has 0 aliphatic rings. The van der Waals surface area contributed by atoms with Crippen LogP contribution in [0, 0.1) is 0 Å². The summed E-state index contributed by atoms with van der Waals surface area (Å²) in [5.74, 6) is 2.26. The van der Waals surface area contributed by atoms with Gasteiger partial charge in [-0.3, -0.25) is 4.57 Å². The highest BCUT2D eigenvalue weighted by Gasteiger charge is 2.08. The Morgan fingerprint density at radius 1 is 1.20 bits per heavy atom. The third-order valence-corrected chi connectivity index (χ3v) is 3.53. The number of thioether (sulfide) groups is 1. The van der Waals surface area contributed by atoms with Gasteiger partial charge < -0.3 is 5.32 Å². The summed E-state index contributed by atoms with van der Waals surface area (Å²) in [6.07, 6.45) is 8.61. The molecule has 2 rings (SSSR count). The van der Waals surface area contributed by atoms with E-state index >= 15 is 0 Å². The zero-order valence-electron chi connectivity index (χ0n) is 11.9. The monoisotopic (exact) mass is 292 g/mol. The van der Waals surface area contributed by atoms with E-state index in [2.05, 4.69) is 39.1 Å². The number of hydrogen-bond donors (Lipinski definition) is 1. The second-order valence-corrected chi connectivity index (χ2v) is 5.40. The maximum atomic E-state index is 4.48. The molecule has 1 N–H and O–H groups in total. The standard InChI is InChI=1S/C13H20N6S/c1-3-5-9-20-13-17-11(15-6-4-2)16-12(18-13)19-8-7-14-10-19/h7-8,10H,3-6,9H2,1-2H3,(H,15,16,17,18). The Balaban J connectivity index is 2.19. The summed E-state index contributed by atoms with van der Waals surface area (Å²) < 4.78 is 1.79. The molecule has 0 bridgehead atoms. The van der Waals surface area contributed by atoms with Crippen LogP contribution in [0.5, 0.6) is 0 Å². The molecule has 0 amide bonds. The van der Waals surface area contributed by atoms with Crippen LogP contribution in [0.1, 0.15) is 33.1 Å². The van der Waals surface area contributed by atoms with Crippen LogP contribution < -0.4 is 5.32 Å². The van der Waals surface area contributed by atoms with Crippen molar-refractivity contribution in [3.05, 3.63) is 18.7 Å². The second kappa shape index (κ2) is 7.84. The topological polar surface area (TPSA) is 68.5 Å². The SMILES string of the molecule is CCCCSc1nc(NCCC)nc(-n2ccnc2)n1. The lowest BCUT2D eigenvalue weighted by atomic mass is 10.4. The molecule has 6 nitrogen and oxygen atoms in total. The lowest BCUT2D eigenvalue weighted by Crippen LogP contribution is -2.09. The van der Waals surface area contributed by atoms with Crippen molar-refractivity contribution in [1.29, 1.82) is 0 Å². The Morgan fingerprint density at radius 3 is 2.80 bits per heavy atom. The summed E-state index contributed by atoms with van der Waals surface area (Å²) in [4.78, 5) is 17.4. The van der Waals surface area contributed by atoms with Gasteiger partial charge in [0.25, 0.3) is 0 Å². The van der Waals surface area contributed by atoms with E-state index in [0.717, 1.165) is 30.3 Å². The van der Waals surface area contributed by atoms with Crippen LogP contribution >= 0.6 is 11.8 Å². The molecular weight excluding hydrogens is 272 g/mol. The molecule has 0 saturated heterocycles. The summed E-state index contributed by atoms with van der Waals surface area (Å²) in [5.41, 5.74) is 0. The van der Waals surface area contributed by atoms with E-state index in [1.807, 2.05) is 6.20 Å². The molecule has 0 unspecified atom stereocenters. The van der Waals surface area contributed by atoms with Gasteiger partial charge in [-0.15, -0.1) is 0 Å². The van der Waals surface area contributed by atoms with Gasteiger partial charge in [-0.1, -0.05) is 32.0 Å². The van der Waals surface area contributed by atoms with Crippen molar-refractivity contribution in [2.24, 2.45) is 0 Å². The molecule has 0 saturated carbocycles. The first-order chi connectivity index (χ1) is 9.83. The van der Waals surface area contributed by atoms with Crippen molar-refractivity contribution in [3.63, 3.8) is 0 Å². The fourth-order valence-electron chi connectivity index (χ4n) is 1.53. The minimum Gasteiger partial charge on any atom is -0.354 e. The van der Waals surface area contributed by atoms with Crippen molar-refractivity contribution in [1.82, 2.24) is 24.5 Å². The maximum absolute atomic E-state index is 4.48. The third-order valence-electron chi connectivity index (χ3n) is 2.60. The van der Waals surface area contributed by atoms with Crippen molar-refractivity contribution < 1.29 is 0 Å². The van der Waals surface area contributed by atoms with E-state index in [9.17, 15) is 0 Å². The van der Waals surface area contributed by atoms with Gasteiger partial charge in [0.2, 0.25) is 11.9 Å². The van der Waals surface area contributed by atoms with E-state index in [1.54, 1.807) is 28.9 Å². The van der Waals surface area contributed by atoms with Gasteiger partial charge in [-0.25, -0.2) is 4.98 Å². The molecule has 108 valence electrons. The first-order valence-corrected chi connectivity index (χ1v) is 7.93. The number of unbranched alkanes of at least 4 members (excludes halogenated alkanes) is 1. The van der Waals surface area contributed by atoms with Gasteiger partial charge in [0.05, 0.1) is 0 Å². The minimum absolute atomic E-state index is 0.607. The van der Waals surface area contributed by atoms with Gasteiger partial charge >= 0.3 is 0 Å². The lowest BCUT2D eigenvalue weighted by molar-refractivity contribution is 0.813. The molecule has 2 heterocycles. The van der Waals surface area contributed by atoms with Gasteiger partial charge in [-0.05, 0) is 12.8 Å². The molecule has 0 atom stereocenters. The van der Waals surface area contributed by atoms with E-state index in [0.29, 0.717) is 11.9 Å². The molecule has 0 aromatic carbocycles. The van der Waals surface area contributed by atoms with Crippen molar-refractivity contribution >= 4 is 17.7 Å². The molecular formula is C13H20N6S. The Labute approximate surface area is 123 Å². The molecule has 0 spiro atoms. The van der Waals surface area contributed by atoms with Gasteiger partial charge in [0.15, 0.2) is 5.16 Å². The number of nitrogens with one attached hydrogen (secondary N) is 1. The van der Waals surface area contributed by atoms with Gasteiger partial charge in [0.1, 0.15) is 6.33 Å². The average molecular weight is 292 g/mol. The maximum Gasteiger partial charge on any atom is 0.240 e. The highest BCUT2D eigenvalue weighted by molar-refractivity contribution is 7.99. The molecule has 7 heteroatoms. The van der Waals surface area contributed by atoms with Crippen LogP contribution in [0.3, 0.4) is 0 Å². The van der Waals surface area contributed by atoms with Crippen LogP contribution in [0.2, 0.25) is 0 Å². The van der Waals surface area contributed by atoms with E-state index in [1.165, 1.54) is 6.42 Å². The summed E-state index contributed by atoms with van der Waals surface area (Å²) in [6.45, 7) is 5.15. The molecule has 2 aromatic heterocycles. The van der Waals surface area contributed by atoms with Crippen molar-refractivity contribution in [3.8, 4) is 5.95 Å². The number of hydrogen-bond acceptors (Lipinski definition) is 6. The van der Waals surface area contributed by atoms with Crippen LogP contribution in [-0.4, -0.2) is 36.8 Å². The summed E-state index contributed by atoms with van der Waals surface area (Å²) in [7, 11) is 0. The Hall–Kier alpha value is -1.63. The largest absolute Gasteiger partial charge is 0.354 e. The predicted octanol–water partition coefficient (Wildman–Crippen LogP) is 2.77. The molecule has 0 aliphatic heterocycles. The van der Waals surface area contributed by atoms with Crippen LogP contribution in [0.4, 0.5) is 5.95 Å². The van der Waals surface area contributed by atoms with Crippen LogP contribution in [-0.2, 0) is 0 Å². The minimum atomic E-state index is 0.607. The summed E-state index contributed by atoms with van der Waals surface area (Å²) >= 11 is 1.67. The summed E-state index contributed by atoms with van der Waals surface area (Å²) in [5, 5.41) is 3.98. The number of anilines is 1. The van der Waals surface area contributed by atoms with Gasteiger partial charge in [0, 0.05) is 24.7 Å². The Kier molecular flexibility index (Phi) is 5.79. The fourth-order valence-corrected chi connectivity index (χ4v) is 2.44. The summed E-state index contributed by atoms with van der Waals surface area (Å²) in [6, 6.07) is 0. The molecule has 0 radical (unpaired) electrons. The number of rotatable bonds is 8. The first-order valence-electron chi connectivity index (χ1n) is 6.94. The Morgan fingerprint density at radius 2 is 2.10 bits per heavy atom. The first kappa shape index (κ1) is 14.8. The van der Waals surface area contributed by atoms with Crippen LogP contribution in [0.25, 0.3) is 5.95 Å². The Bertz CT molecular complexity index is 514. The normalized spacial score (nSPS) is 10.7. The molecule has 2 aromatic rings. The zero-order valence-corrected chi connectivity index (χ0v) is 12.7. The highest BCUT2D eigenvalue weighted by atomic mass is 32.2. The van der Waals surface area contributed by atoms with E-state index < -0.39 is 0 Å². The number of imidazole rings is 1. The predicted molar refractivity (Wildman–Crippen MR) is 81.4 cm³/mol. The van der Waals surface area contributed by atoms with Crippen molar-refractivity contribution in [2.75, 3.05) is 17.6 Å². The molecule has 20 heavy (non-hydrogen) atoms. The van der Waals surface area contributed by atoms with E-state index in [4.69, 9.17) is 0 Å². The highest BCUT2D eigenvalue weighted by Crippen LogP contribution is 2.17. The second-order valence-electron chi connectivity index (χ2n) is 4.34. The average Bonchev–Trinajstić information content (AvgIpc) is 2.99. The van der Waals surface area contributed by atoms with Crippen LogP contribution in [0.15, 0.2) is 23.9 Å². The zero-order chi connectivity index (χ0) is 14.2. The number of nitrogens with zero attached hydrogens (tertiary/aromatic N) is 5. The lowest BCUT2D eigenvalue weighted by Gasteiger charge is -2.08. The molecule has 0 aliphatic carbocycles. The molecule has 0 fully saturated rings. The smallest absolute Gasteiger partial charge is 0.240 e.